The van der Waals surface area contributed by atoms with Gasteiger partial charge in [0, 0.05) is 12.6 Å². The van der Waals surface area contributed by atoms with Gasteiger partial charge in [-0.05, 0) is 19.1 Å². The van der Waals surface area contributed by atoms with Crippen molar-refractivity contribution in [2.75, 3.05) is 0 Å². The van der Waals surface area contributed by atoms with Gasteiger partial charge in [-0.15, -0.1) is 0 Å². The van der Waals surface area contributed by atoms with Crippen molar-refractivity contribution in [2.24, 2.45) is 5.73 Å². The molecule has 3 heterocycles. The Morgan fingerprint density at radius 2 is 2.07 bits per heavy atom. The van der Waals surface area contributed by atoms with Gasteiger partial charge in [-0.3, -0.25) is 19.0 Å². The van der Waals surface area contributed by atoms with E-state index in [4.69, 9.17) is 10.2 Å². The molecule has 1 atom stereocenters. The van der Waals surface area contributed by atoms with Crippen LogP contribution in [0.2, 0.25) is 0 Å². The molecule has 2 amide bonds. The monoisotopic (exact) mass is 368 g/mol. The Morgan fingerprint density at radius 3 is 2.70 bits per heavy atom. The highest BCUT2D eigenvalue weighted by Gasteiger charge is 2.28. The molecule has 0 aromatic carbocycles. The van der Waals surface area contributed by atoms with E-state index in [0.29, 0.717) is 17.4 Å². The van der Waals surface area contributed by atoms with Crippen molar-refractivity contribution in [1.82, 2.24) is 24.8 Å². The maximum absolute atomic E-state index is 12.8. The average molecular weight is 368 g/mol. The summed E-state index contributed by atoms with van der Waals surface area (Å²) in [5, 5.41) is 2.51. The van der Waals surface area contributed by atoms with Crippen molar-refractivity contribution < 1.29 is 18.8 Å². The number of carbonyl (C=O) groups excluding carboxylic acids is 3. The van der Waals surface area contributed by atoms with E-state index in [1.807, 2.05) is 0 Å². The molecule has 27 heavy (non-hydrogen) atoms. The Labute approximate surface area is 153 Å². The average Bonchev–Trinajstić information content (AvgIpc) is 3.30. The second-order valence-corrected chi connectivity index (χ2v) is 5.64. The normalized spacial score (nSPS) is 11.7. The molecule has 0 aliphatic carbocycles. The first-order chi connectivity index (χ1) is 13.0. The Hall–Kier alpha value is -3.82. The first kappa shape index (κ1) is 18.0. The number of carbonyl (C=O) groups is 3. The number of hydrogen-bond donors (Lipinski definition) is 2. The minimum absolute atomic E-state index is 0.0653. The van der Waals surface area contributed by atoms with Crippen molar-refractivity contribution in [3.8, 4) is 5.82 Å². The molecule has 10 heteroatoms. The molecule has 10 nitrogen and oxygen atoms in total. The lowest BCUT2D eigenvalue weighted by Gasteiger charge is -2.16. The fourth-order valence-electron chi connectivity index (χ4n) is 2.54. The zero-order chi connectivity index (χ0) is 19.4. The van der Waals surface area contributed by atoms with E-state index in [0.717, 1.165) is 0 Å². The lowest BCUT2D eigenvalue weighted by molar-refractivity contribution is -0.137. The summed E-state index contributed by atoms with van der Waals surface area (Å²) in [7, 11) is 0. The molecule has 0 radical (unpaired) electrons. The minimum atomic E-state index is -1.20. The van der Waals surface area contributed by atoms with Crippen LogP contribution in [0.5, 0.6) is 0 Å². The molecule has 1 unspecified atom stereocenters. The van der Waals surface area contributed by atoms with Gasteiger partial charge in [0.05, 0.1) is 12.4 Å². The molecule has 0 aliphatic heterocycles. The maximum atomic E-state index is 12.8. The molecular weight excluding hydrogens is 352 g/mol. The zero-order valence-corrected chi connectivity index (χ0v) is 14.3. The van der Waals surface area contributed by atoms with Crippen LogP contribution in [0, 0.1) is 6.92 Å². The van der Waals surface area contributed by atoms with E-state index in [1.165, 1.54) is 23.4 Å². The van der Waals surface area contributed by atoms with Gasteiger partial charge in [-0.25, -0.2) is 15.0 Å². The second-order valence-electron chi connectivity index (χ2n) is 5.64. The number of oxazole rings is 1. The summed E-state index contributed by atoms with van der Waals surface area (Å²) in [6.07, 6.45) is 5.45. The van der Waals surface area contributed by atoms with Gasteiger partial charge in [0.25, 0.3) is 11.8 Å². The van der Waals surface area contributed by atoms with Crippen LogP contribution in [-0.4, -0.2) is 43.2 Å². The van der Waals surface area contributed by atoms with Gasteiger partial charge in [0.15, 0.2) is 6.39 Å². The van der Waals surface area contributed by atoms with Crippen LogP contribution in [0.15, 0.2) is 47.6 Å². The number of hydrogen-bond acceptors (Lipinski definition) is 7. The van der Waals surface area contributed by atoms with Crippen LogP contribution in [0.25, 0.3) is 5.82 Å². The number of aryl methyl sites for hydroxylation is 1. The van der Waals surface area contributed by atoms with Crippen LogP contribution in [0.4, 0.5) is 0 Å². The minimum Gasteiger partial charge on any atom is -0.448 e. The molecule has 3 aromatic rings. The maximum Gasteiger partial charge on any atom is 0.287 e. The number of nitrogens with one attached hydrogen (secondary N) is 1. The van der Waals surface area contributed by atoms with E-state index in [9.17, 15) is 14.4 Å². The van der Waals surface area contributed by atoms with E-state index in [-0.39, 0.29) is 12.1 Å². The van der Waals surface area contributed by atoms with Gasteiger partial charge in [-0.2, -0.15) is 0 Å². The van der Waals surface area contributed by atoms with Crippen molar-refractivity contribution in [3.05, 3.63) is 60.5 Å². The fraction of sp³-hybridized carbons (Fsp3) is 0.176. The third-order valence-corrected chi connectivity index (χ3v) is 3.80. The highest BCUT2D eigenvalue weighted by Crippen LogP contribution is 2.13. The number of Topliss-reactive ketones (excluding diaryl/α,β-unsaturated/α-hetero) is 1. The number of aromatic nitrogens is 4. The molecule has 0 saturated carbocycles. The SMILES string of the molecule is Cc1ncc(C(=O)NC(Cc2cnco2)C(=O)C(N)=O)n1-c1ccccn1. The number of nitrogens with two attached hydrogens (primary N) is 1. The van der Waals surface area contributed by atoms with Gasteiger partial charge in [0.2, 0.25) is 5.78 Å². The van der Waals surface area contributed by atoms with Crippen molar-refractivity contribution >= 4 is 17.6 Å². The largest absolute Gasteiger partial charge is 0.448 e. The van der Waals surface area contributed by atoms with Crippen LogP contribution in [-0.2, 0) is 16.0 Å². The van der Waals surface area contributed by atoms with Crippen LogP contribution in [0.3, 0.4) is 0 Å². The number of primary amides is 1. The third-order valence-electron chi connectivity index (χ3n) is 3.80. The highest BCUT2D eigenvalue weighted by atomic mass is 16.3. The first-order valence-corrected chi connectivity index (χ1v) is 7.95. The molecule has 3 aromatic heterocycles. The Balaban J connectivity index is 1.88. The van der Waals surface area contributed by atoms with Gasteiger partial charge >= 0.3 is 0 Å². The predicted octanol–water partition coefficient (Wildman–Crippen LogP) is -0.0408. The van der Waals surface area contributed by atoms with Gasteiger partial charge in [-0.1, -0.05) is 6.07 Å². The molecule has 3 N–H and O–H groups in total. The van der Waals surface area contributed by atoms with Crippen molar-refractivity contribution in [2.45, 2.75) is 19.4 Å². The number of pyridine rings is 1. The summed E-state index contributed by atoms with van der Waals surface area (Å²) >= 11 is 0. The molecular formula is C17H16N6O4. The Morgan fingerprint density at radius 1 is 1.26 bits per heavy atom. The fourth-order valence-corrected chi connectivity index (χ4v) is 2.54. The lowest BCUT2D eigenvalue weighted by atomic mass is 10.1. The van der Waals surface area contributed by atoms with Crippen molar-refractivity contribution in [1.29, 1.82) is 0 Å². The van der Waals surface area contributed by atoms with Crippen LogP contribution in [0.1, 0.15) is 22.1 Å². The summed E-state index contributed by atoms with van der Waals surface area (Å²) in [6, 6.07) is 4.03. The Bertz CT molecular complexity index is 965. The number of ketones is 1. The zero-order valence-electron chi connectivity index (χ0n) is 14.3. The molecule has 0 aliphatic rings. The predicted molar refractivity (Wildman–Crippen MR) is 91.8 cm³/mol. The summed E-state index contributed by atoms with van der Waals surface area (Å²) in [4.78, 5) is 48.3. The summed E-state index contributed by atoms with van der Waals surface area (Å²) in [5.41, 5.74) is 5.25. The number of rotatable bonds is 7. The number of imidazole rings is 1. The molecule has 0 saturated heterocycles. The van der Waals surface area contributed by atoms with E-state index in [1.54, 1.807) is 31.3 Å². The van der Waals surface area contributed by atoms with Gasteiger partial charge in [0.1, 0.15) is 29.1 Å². The molecule has 138 valence electrons. The molecule has 0 bridgehead atoms. The number of amides is 2. The molecule has 0 fully saturated rings. The van der Waals surface area contributed by atoms with Crippen molar-refractivity contribution in [3.63, 3.8) is 0 Å². The summed E-state index contributed by atoms with van der Waals surface area (Å²) in [6.45, 7) is 1.71. The van der Waals surface area contributed by atoms with Crippen LogP contribution >= 0.6 is 0 Å². The molecule has 3 rings (SSSR count). The lowest BCUT2D eigenvalue weighted by Crippen LogP contribution is -2.47. The molecule has 0 spiro atoms. The highest BCUT2D eigenvalue weighted by molar-refractivity contribution is 6.38. The second kappa shape index (κ2) is 7.60. The first-order valence-electron chi connectivity index (χ1n) is 7.95. The summed E-state index contributed by atoms with van der Waals surface area (Å²) in [5.74, 6) is -1.36. The van der Waals surface area contributed by atoms with E-state index in [2.05, 4.69) is 20.3 Å². The topological polar surface area (TPSA) is 146 Å². The standard InChI is InChI=1S/C17H16N6O4/c1-10-21-8-13(23(10)14-4-2-3-5-20-14)17(26)22-12(15(24)16(18)25)6-11-7-19-9-27-11/h2-5,7-9,12H,6H2,1H3,(H2,18,25)(H,22,26). The summed E-state index contributed by atoms with van der Waals surface area (Å²) < 4.78 is 6.62. The Kier molecular flexibility index (Phi) is 5.06. The smallest absolute Gasteiger partial charge is 0.287 e. The van der Waals surface area contributed by atoms with Gasteiger partial charge < -0.3 is 15.5 Å². The van der Waals surface area contributed by atoms with E-state index >= 15 is 0 Å². The number of nitrogens with zero attached hydrogens (tertiary/aromatic N) is 4. The van der Waals surface area contributed by atoms with E-state index < -0.39 is 23.6 Å². The van der Waals surface area contributed by atoms with Crippen LogP contribution < -0.4 is 11.1 Å². The quantitative estimate of drug-likeness (QED) is 0.556. The third kappa shape index (κ3) is 3.89.